The van der Waals surface area contributed by atoms with E-state index < -0.39 is 35.3 Å². The number of allylic oxidation sites excluding steroid dienone is 1. The fraction of sp³-hybridized carbons (Fsp3) is 0.138. The van der Waals surface area contributed by atoms with Gasteiger partial charge in [0.25, 0.3) is 11.8 Å². The Labute approximate surface area is 263 Å². The van der Waals surface area contributed by atoms with E-state index in [1.807, 2.05) is 60.7 Å². The first-order valence-corrected chi connectivity index (χ1v) is 15.9. The van der Waals surface area contributed by atoms with E-state index in [1.54, 1.807) is 17.5 Å². The van der Waals surface area contributed by atoms with Crippen LogP contribution in [0.2, 0.25) is 0 Å². The Balaban J connectivity index is 1.30. The largest absolute Gasteiger partial charge is 0.448 e. The number of nitrogens with two attached hydrogens (primary N) is 1. The van der Waals surface area contributed by atoms with Gasteiger partial charge in [0.15, 0.2) is 16.9 Å². The number of hydrogen-bond acceptors (Lipinski definition) is 13. The van der Waals surface area contributed by atoms with Crippen molar-refractivity contribution >= 4 is 69.3 Å². The van der Waals surface area contributed by atoms with Gasteiger partial charge in [-0.3, -0.25) is 14.5 Å². The van der Waals surface area contributed by atoms with Gasteiger partial charge in [-0.25, -0.2) is 9.78 Å². The van der Waals surface area contributed by atoms with E-state index >= 15 is 0 Å². The lowest BCUT2D eigenvalue weighted by Gasteiger charge is -2.49. The molecule has 12 nitrogen and oxygen atoms in total. The fourth-order valence-corrected chi connectivity index (χ4v) is 7.05. The van der Waals surface area contributed by atoms with Crippen LogP contribution in [-0.4, -0.2) is 65.3 Å². The average molecular weight is 646 g/mol. The number of carbonyl (C=O) groups excluding carboxylic acids is 3. The van der Waals surface area contributed by atoms with Crippen molar-refractivity contribution in [3.63, 3.8) is 0 Å². The standard InChI is InChI=1S/C29H23N7O5S3/c30-29-31-20(15-43-29)21(34-40)25(37)32-22-26(38)36-23(18(13-42-27(22)36)11-12-19-14-44-35-33-19)28(39)41-24(16-7-3-1-4-8-16)17-9-5-2-6-10-17/h1-12,14-15,22,24,27,40H,13H2,(H2,30,31)(H,32,37)/b12-11-,34-21-/t22?,27-/m1/s1. The summed E-state index contributed by atoms with van der Waals surface area (Å²) in [6.45, 7) is 0. The molecule has 0 radical (unpaired) electrons. The maximum atomic E-state index is 14.0. The number of amides is 2. The number of hydrogen-bond donors (Lipinski definition) is 3. The van der Waals surface area contributed by atoms with Gasteiger partial charge in [0, 0.05) is 16.5 Å². The summed E-state index contributed by atoms with van der Waals surface area (Å²) in [7, 11) is 0. The third kappa shape index (κ3) is 5.84. The van der Waals surface area contributed by atoms with Gasteiger partial charge in [-0.2, -0.15) is 0 Å². The van der Waals surface area contributed by atoms with E-state index in [0.29, 0.717) is 17.0 Å². The van der Waals surface area contributed by atoms with E-state index in [2.05, 4.69) is 25.0 Å². The van der Waals surface area contributed by atoms with Crippen LogP contribution in [0.25, 0.3) is 6.08 Å². The summed E-state index contributed by atoms with van der Waals surface area (Å²) < 4.78 is 10.0. The van der Waals surface area contributed by atoms with Gasteiger partial charge in [-0.15, -0.1) is 28.2 Å². The van der Waals surface area contributed by atoms with Crippen molar-refractivity contribution in [1.82, 2.24) is 24.8 Å². The molecule has 6 rings (SSSR count). The Morgan fingerprint density at radius 1 is 1.09 bits per heavy atom. The monoisotopic (exact) mass is 645 g/mol. The Morgan fingerprint density at radius 2 is 1.80 bits per heavy atom. The molecule has 4 aromatic rings. The van der Waals surface area contributed by atoms with E-state index in [-0.39, 0.29) is 22.2 Å². The van der Waals surface area contributed by atoms with Gasteiger partial charge in [0.1, 0.15) is 22.8 Å². The number of rotatable bonds is 9. The van der Waals surface area contributed by atoms with Gasteiger partial charge in [-0.1, -0.05) is 76.4 Å². The van der Waals surface area contributed by atoms with Crippen molar-refractivity contribution in [3.05, 3.63) is 111 Å². The average Bonchev–Trinajstić information content (AvgIpc) is 3.74. The highest BCUT2D eigenvalue weighted by Crippen LogP contribution is 2.42. The molecule has 44 heavy (non-hydrogen) atoms. The number of ether oxygens (including phenoxy) is 1. The molecule has 0 saturated carbocycles. The number of oxime groups is 1. The predicted molar refractivity (Wildman–Crippen MR) is 167 cm³/mol. The maximum Gasteiger partial charge on any atom is 0.356 e. The van der Waals surface area contributed by atoms with E-state index in [0.717, 1.165) is 22.5 Å². The third-order valence-corrected chi connectivity index (χ3v) is 9.32. The number of thioether (sulfide) groups is 1. The van der Waals surface area contributed by atoms with Gasteiger partial charge < -0.3 is 21.0 Å². The molecule has 4 heterocycles. The van der Waals surface area contributed by atoms with Crippen molar-refractivity contribution in [3.8, 4) is 0 Å². The van der Waals surface area contributed by atoms with Crippen LogP contribution in [0.5, 0.6) is 0 Å². The Kier molecular flexibility index (Phi) is 8.49. The van der Waals surface area contributed by atoms with Gasteiger partial charge in [0.05, 0.1) is 5.69 Å². The van der Waals surface area contributed by atoms with Gasteiger partial charge in [-0.05, 0) is 34.3 Å². The minimum absolute atomic E-state index is 0.0730. The van der Waals surface area contributed by atoms with Crippen LogP contribution in [-0.2, 0) is 19.1 Å². The Morgan fingerprint density at radius 3 is 2.39 bits per heavy atom. The van der Waals surface area contributed by atoms with Crippen molar-refractivity contribution in [2.24, 2.45) is 5.16 Å². The number of benzene rings is 2. The van der Waals surface area contributed by atoms with Crippen molar-refractivity contribution in [1.29, 1.82) is 0 Å². The second-order valence-electron chi connectivity index (χ2n) is 9.52. The molecule has 4 N–H and O–H groups in total. The third-order valence-electron chi connectivity index (χ3n) is 6.82. The van der Waals surface area contributed by atoms with Crippen molar-refractivity contribution in [2.75, 3.05) is 11.5 Å². The topological polar surface area (TPSA) is 173 Å². The van der Waals surface area contributed by atoms with Crippen molar-refractivity contribution < 1.29 is 24.3 Å². The molecule has 2 aliphatic rings. The lowest BCUT2D eigenvalue weighted by atomic mass is 10.00. The van der Waals surface area contributed by atoms with Crippen LogP contribution < -0.4 is 11.1 Å². The Hall–Kier alpha value is -4.86. The molecular formula is C29H23N7O5S3. The second-order valence-corrected chi connectivity index (χ2v) is 12.1. The van der Waals surface area contributed by atoms with Crippen LogP contribution >= 0.6 is 34.6 Å². The molecule has 1 fully saturated rings. The van der Waals surface area contributed by atoms with Crippen LogP contribution in [0.4, 0.5) is 5.13 Å². The molecular weight excluding hydrogens is 623 g/mol. The lowest BCUT2D eigenvalue weighted by molar-refractivity contribution is -0.154. The Bertz CT molecular complexity index is 1740. The normalized spacial score (nSPS) is 18.3. The number of esters is 1. The molecule has 0 spiro atoms. The van der Waals surface area contributed by atoms with Crippen LogP contribution in [0.1, 0.15) is 28.6 Å². The number of β-lactam (4-membered cyclic amide) rings is 1. The number of nitrogens with zero attached hydrogens (tertiary/aromatic N) is 5. The molecule has 2 aromatic carbocycles. The molecule has 2 aliphatic heterocycles. The van der Waals surface area contributed by atoms with Crippen LogP contribution in [0.3, 0.4) is 0 Å². The summed E-state index contributed by atoms with van der Waals surface area (Å²) in [4.78, 5) is 45.9. The van der Waals surface area contributed by atoms with Crippen LogP contribution in [0, 0.1) is 0 Å². The van der Waals surface area contributed by atoms with E-state index in [9.17, 15) is 19.6 Å². The fourth-order valence-electron chi connectivity index (χ4n) is 4.76. The molecule has 2 amide bonds. The molecule has 2 atom stereocenters. The summed E-state index contributed by atoms with van der Waals surface area (Å²) in [5.41, 5.74) is 8.11. The van der Waals surface area contributed by atoms with Gasteiger partial charge in [0.2, 0.25) is 0 Å². The molecule has 0 aliphatic carbocycles. The molecule has 0 bridgehead atoms. The zero-order valence-corrected chi connectivity index (χ0v) is 25.1. The quantitative estimate of drug-likeness (QED) is 0.0805. The van der Waals surface area contributed by atoms with Crippen molar-refractivity contribution in [2.45, 2.75) is 17.5 Å². The number of anilines is 1. The molecule has 1 saturated heterocycles. The maximum absolute atomic E-state index is 14.0. The SMILES string of the molecule is Nc1nc(/C(=N/O)C(=O)NC2C(=O)N3C(C(=O)OC(c4ccccc4)c4ccccc4)=C(/C=C\c4csnn4)CS[C@H]23)cs1. The summed E-state index contributed by atoms with van der Waals surface area (Å²) >= 11 is 3.63. The summed E-state index contributed by atoms with van der Waals surface area (Å²) in [6.07, 6.45) is 2.70. The highest BCUT2D eigenvalue weighted by atomic mass is 32.2. The zero-order chi connectivity index (χ0) is 30.6. The zero-order valence-electron chi connectivity index (χ0n) is 22.6. The van der Waals surface area contributed by atoms with Crippen LogP contribution in [0.15, 0.2) is 93.9 Å². The number of nitrogen functional groups attached to an aromatic ring is 1. The summed E-state index contributed by atoms with van der Waals surface area (Å²) in [5, 5.41) is 22.0. The minimum atomic E-state index is -0.990. The molecule has 15 heteroatoms. The summed E-state index contributed by atoms with van der Waals surface area (Å²) in [5.74, 6) is -1.68. The highest BCUT2D eigenvalue weighted by Gasteiger charge is 2.54. The number of carbonyl (C=O) groups is 3. The first kappa shape index (κ1) is 29.2. The lowest BCUT2D eigenvalue weighted by Crippen LogP contribution is -2.71. The summed E-state index contributed by atoms with van der Waals surface area (Å²) in [6, 6.07) is 17.7. The van der Waals surface area contributed by atoms with Gasteiger partial charge >= 0.3 is 5.97 Å². The first-order chi connectivity index (χ1) is 21.4. The first-order valence-electron chi connectivity index (χ1n) is 13.1. The highest BCUT2D eigenvalue weighted by molar-refractivity contribution is 8.00. The number of nitrogens with one attached hydrogen (secondary N) is 1. The molecule has 2 aromatic heterocycles. The number of fused-ring (bicyclic) bond motifs is 1. The second kappa shape index (κ2) is 12.8. The number of thiazole rings is 1. The van der Waals surface area contributed by atoms with E-state index in [4.69, 9.17) is 10.5 Å². The minimum Gasteiger partial charge on any atom is -0.448 e. The predicted octanol–water partition coefficient (Wildman–Crippen LogP) is 3.46. The molecule has 1 unspecified atom stereocenters. The number of aromatic nitrogens is 3. The van der Waals surface area contributed by atoms with E-state index in [1.165, 1.54) is 33.6 Å². The smallest absolute Gasteiger partial charge is 0.356 e. The molecule has 222 valence electrons.